The topological polar surface area (TPSA) is 38.8 Å². The molecule has 1 fully saturated rings. The fourth-order valence-corrected chi connectivity index (χ4v) is 2.73. The maximum Gasteiger partial charge on any atom is 0.387 e. The molecule has 0 bridgehead atoms. The predicted molar refractivity (Wildman–Crippen MR) is 84.1 cm³/mol. The van der Waals surface area contributed by atoms with Gasteiger partial charge in [-0.05, 0) is 29.8 Å². The Balaban J connectivity index is 1.77. The fourth-order valence-electron chi connectivity index (χ4n) is 2.73. The highest BCUT2D eigenvalue weighted by Gasteiger charge is 2.28. The Kier molecular flexibility index (Phi) is 5.23. The van der Waals surface area contributed by atoms with Crippen LogP contribution in [-0.2, 0) is 4.74 Å². The SMILES string of the molecule is O=C(c1ccccc1OC(F)F)N1CCOC(c2ccc(F)cc2)C1. The standard InChI is InChI=1S/C18H16F3NO3/c19-13-7-5-12(6-8-13)16-11-22(9-10-24-16)17(23)14-3-1-2-4-15(14)25-18(20)21/h1-8,16,18H,9-11H2. The second-order valence-electron chi connectivity index (χ2n) is 5.54. The normalized spacial score (nSPS) is 17.6. The molecule has 132 valence electrons. The van der Waals surface area contributed by atoms with Gasteiger partial charge < -0.3 is 14.4 Å². The Bertz CT molecular complexity index is 737. The average molecular weight is 351 g/mol. The molecule has 1 unspecified atom stereocenters. The summed E-state index contributed by atoms with van der Waals surface area (Å²) in [6.07, 6.45) is -0.401. The van der Waals surface area contributed by atoms with Crippen molar-refractivity contribution in [2.75, 3.05) is 19.7 Å². The molecule has 1 saturated heterocycles. The van der Waals surface area contributed by atoms with Crippen LogP contribution in [0.3, 0.4) is 0 Å². The van der Waals surface area contributed by atoms with Gasteiger partial charge in [-0.2, -0.15) is 8.78 Å². The summed E-state index contributed by atoms with van der Waals surface area (Å²) in [5.41, 5.74) is 0.818. The van der Waals surface area contributed by atoms with Crippen LogP contribution in [0.15, 0.2) is 48.5 Å². The summed E-state index contributed by atoms with van der Waals surface area (Å²) in [6, 6.07) is 11.7. The molecule has 2 aromatic rings. The first-order chi connectivity index (χ1) is 12.0. The number of benzene rings is 2. The third-order valence-corrected chi connectivity index (χ3v) is 3.93. The molecule has 3 rings (SSSR count). The van der Waals surface area contributed by atoms with E-state index in [9.17, 15) is 18.0 Å². The average Bonchev–Trinajstić information content (AvgIpc) is 2.62. The quantitative estimate of drug-likeness (QED) is 0.844. The summed E-state index contributed by atoms with van der Waals surface area (Å²) in [6.45, 7) is -2.14. The molecule has 1 aliphatic heterocycles. The highest BCUT2D eigenvalue weighted by Crippen LogP contribution is 2.26. The van der Waals surface area contributed by atoms with Crippen LogP contribution in [0, 0.1) is 5.82 Å². The zero-order valence-corrected chi connectivity index (χ0v) is 13.2. The van der Waals surface area contributed by atoms with Crippen molar-refractivity contribution in [3.05, 3.63) is 65.5 Å². The van der Waals surface area contributed by atoms with Crippen molar-refractivity contribution in [3.63, 3.8) is 0 Å². The lowest BCUT2D eigenvalue weighted by atomic mass is 10.1. The van der Waals surface area contributed by atoms with E-state index in [0.29, 0.717) is 13.2 Å². The predicted octanol–water partition coefficient (Wildman–Crippen LogP) is 3.64. The molecular formula is C18H16F3NO3. The number of rotatable bonds is 4. The number of hydrogen-bond donors (Lipinski definition) is 0. The fraction of sp³-hybridized carbons (Fsp3) is 0.278. The Morgan fingerprint density at radius 3 is 2.60 bits per heavy atom. The minimum absolute atomic E-state index is 0.0718. The van der Waals surface area contributed by atoms with Gasteiger partial charge in [0.1, 0.15) is 17.7 Å². The summed E-state index contributed by atoms with van der Waals surface area (Å²) in [5.74, 6) is -0.926. The number of morpholine rings is 1. The van der Waals surface area contributed by atoms with Gasteiger partial charge in [0.25, 0.3) is 5.91 Å². The number of halogens is 3. The summed E-state index contributed by atoms with van der Waals surface area (Å²) < 4.78 is 48.2. The smallest absolute Gasteiger partial charge is 0.387 e. The number of hydrogen-bond acceptors (Lipinski definition) is 3. The van der Waals surface area contributed by atoms with Crippen LogP contribution < -0.4 is 4.74 Å². The first-order valence-electron chi connectivity index (χ1n) is 7.75. The highest BCUT2D eigenvalue weighted by molar-refractivity contribution is 5.97. The summed E-state index contributed by atoms with van der Waals surface area (Å²) in [4.78, 5) is 14.2. The van der Waals surface area contributed by atoms with Crippen molar-refractivity contribution < 1.29 is 27.4 Å². The van der Waals surface area contributed by atoms with Gasteiger partial charge in [0, 0.05) is 6.54 Å². The number of ether oxygens (including phenoxy) is 2. The number of nitrogens with zero attached hydrogens (tertiary/aromatic N) is 1. The molecule has 0 aliphatic carbocycles. The third-order valence-electron chi connectivity index (χ3n) is 3.93. The van der Waals surface area contributed by atoms with Crippen LogP contribution in [0.5, 0.6) is 5.75 Å². The number of carbonyl (C=O) groups is 1. The van der Waals surface area contributed by atoms with E-state index in [4.69, 9.17) is 4.74 Å². The zero-order chi connectivity index (χ0) is 17.8. The molecule has 1 atom stereocenters. The van der Waals surface area contributed by atoms with E-state index in [1.54, 1.807) is 18.2 Å². The van der Waals surface area contributed by atoms with Crippen molar-refractivity contribution in [1.29, 1.82) is 0 Å². The lowest BCUT2D eigenvalue weighted by molar-refractivity contribution is -0.0508. The molecule has 1 heterocycles. The monoisotopic (exact) mass is 351 g/mol. The third kappa shape index (κ3) is 4.11. The molecule has 0 spiro atoms. The van der Waals surface area contributed by atoms with Crippen molar-refractivity contribution in [3.8, 4) is 5.75 Å². The number of alkyl halides is 2. The number of para-hydroxylation sites is 1. The van der Waals surface area contributed by atoms with Gasteiger partial charge in [-0.3, -0.25) is 4.79 Å². The maximum absolute atomic E-state index is 13.0. The molecule has 1 amide bonds. The summed E-state index contributed by atoms with van der Waals surface area (Å²) in [5, 5.41) is 0. The van der Waals surface area contributed by atoms with Gasteiger partial charge >= 0.3 is 6.61 Å². The van der Waals surface area contributed by atoms with Crippen LogP contribution in [-0.4, -0.2) is 37.1 Å². The van der Waals surface area contributed by atoms with Gasteiger partial charge in [-0.1, -0.05) is 24.3 Å². The first kappa shape index (κ1) is 17.3. The van der Waals surface area contributed by atoms with Crippen LogP contribution >= 0.6 is 0 Å². The van der Waals surface area contributed by atoms with E-state index < -0.39 is 18.6 Å². The zero-order valence-electron chi connectivity index (χ0n) is 13.2. The van der Waals surface area contributed by atoms with Crippen molar-refractivity contribution in [2.24, 2.45) is 0 Å². The Morgan fingerprint density at radius 2 is 1.88 bits per heavy atom. The molecule has 0 aromatic heterocycles. The molecule has 25 heavy (non-hydrogen) atoms. The van der Waals surface area contributed by atoms with Crippen molar-refractivity contribution in [2.45, 2.75) is 12.7 Å². The molecule has 0 saturated carbocycles. The van der Waals surface area contributed by atoms with Gasteiger partial charge in [-0.15, -0.1) is 0 Å². The van der Waals surface area contributed by atoms with Crippen LogP contribution in [0.4, 0.5) is 13.2 Å². The van der Waals surface area contributed by atoms with Gasteiger partial charge in [-0.25, -0.2) is 4.39 Å². The molecule has 7 heteroatoms. The lowest BCUT2D eigenvalue weighted by Gasteiger charge is -2.33. The van der Waals surface area contributed by atoms with Crippen LogP contribution in [0.1, 0.15) is 22.0 Å². The van der Waals surface area contributed by atoms with Gasteiger partial charge in [0.2, 0.25) is 0 Å². The van der Waals surface area contributed by atoms with E-state index in [0.717, 1.165) is 5.56 Å². The van der Waals surface area contributed by atoms with Gasteiger partial charge in [0.15, 0.2) is 0 Å². The van der Waals surface area contributed by atoms with E-state index in [1.807, 2.05) is 0 Å². The Morgan fingerprint density at radius 1 is 1.16 bits per heavy atom. The maximum atomic E-state index is 13.0. The minimum atomic E-state index is -3.01. The highest BCUT2D eigenvalue weighted by atomic mass is 19.3. The number of carbonyl (C=O) groups excluding carboxylic acids is 1. The second kappa shape index (κ2) is 7.57. The van der Waals surface area contributed by atoms with Crippen molar-refractivity contribution in [1.82, 2.24) is 4.90 Å². The number of amides is 1. The summed E-state index contributed by atoms with van der Waals surface area (Å²) in [7, 11) is 0. The molecule has 4 nitrogen and oxygen atoms in total. The Hall–Kier alpha value is -2.54. The first-order valence-corrected chi connectivity index (χ1v) is 7.75. The lowest BCUT2D eigenvalue weighted by Crippen LogP contribution is -2.42. The molecule has 1 aliphatic rings. The van der Waals surface area contributed by atoms with Crippen LogP contribution in [0.25, 0.3) is 0 Å². The van der Waals surface area contributed by atoms with E-state index in [2.05, 4.69) is 4.74 Å². The summed E-state index contributed by atoms with van der Waals surface area (Å²) >= 11 is 0. The minimum Gasteiger partial charge on any atom is -0.434 e. The second-order valence-corrected chi connectivity index (χ2v) is 5.54. The molecule has 0 N–H and O–H groups in total. The van der Waals surface area contributed by atoms with Crippen molar-refractivity contribution >= 4 is 5.91 Å². The van der Waals surface area contributed by atoms with Gasteiger partial charge in [0.05, 0.1) is 18.7 Å². The molecule has 0 radical (unpaired) electrons. The van der Waals surface area contributed by atoms with E-state index >= 15 is 0 Å². The van der Waals surface area contributed by atoms with E-state index in [1.165, 1.54) is 35.2 Å². The molecular weight excluding hydrogens is 335 g/mol. The molecule has 2 aromatic carbocycles. The van der Waals surface area contributed by atoms with Crippen LogP contribution in [0.2, 0.25) is 0 Å². The largest absolute Gasteiger partial charge is 0.434 e. The van der Waals surface area contributed by atoms with E-state index in [-0.39, 0.29) is 23.7 Å². The Labute approximate surface area is 142 Å².